The summed E-state index contributed by atoms with van der Waals surface area (Å²) in [7, 11) is 0. The summed E-state index contributed by atoms with van der Waals surface area (Å²) < 4.78 is 0. The summed E-state index contributed by atoms with van der Waals surface area (Å²) in [6.07, 6.45) is 2.17. The molecule has 0 spiro atoms. The summed E-state index contributed by atoms with van der Waals surface area (Å²) >= 11 is 0. The molecule has 0 aromatic rings. The highest BCUT2D eigenvalue weighted by molar-refractivity contribution is 5.81. The fraction of sp³-hybridized carbons (Fsp3) is 0.667. The van der Waals surface area contributed by atoms with Crippen molar-refractivity contribution in [2.45, 2.75) is 19.8 Å². The van der Waals surface area contributed by atoms with Gasteiger partial charge in [-0.2, -0.15) is 0 Å². The van der Waals surface area contributed by atoms with Crippen LogP contribution >= 0.6 is 0 Å². The molecule has 0 heterocycles. The summed E-state index contributed by atoms with van der Waals surface area (Å²) in [4.78, 5) is 10.7. The molecule has 0 aliphatic heterocycles. The van der Waals surface area contributed by atoms with Gasteiger partial charge in [0, 0.05) is 12.5 Å². The lowest BCUT2D eigenvalue weighted by Crippen LogP contribution is -2.20. The summed E-state index contributed by atoms with van der Waals surface area (Å²) in [6.45, 7) is 3.50. The van der Waals surface area contributed by atoms with Crippen molar-refractivity contribution in [1.29, 1.82) is 0 Å². The van der Waals surface area contributed by atoms with Crippen LogP contribution in [0.15, 0.2) is 0 Å². The zero-order valence-corrected chi connectivity index (χ0v) is 4.98. The molecule has 0 bridgehead atoms. The van der Waals surface area contributed by atoms with Crippen molar-refractivity contribution in [2.24, 2.45) is 5.92 Å². The fourth-order valence-corrected chi connectivity index (χ4v) is 0.606. The molecule has 0 aromatic heterocycles. The molecule has 1 saturated carbocycles. The van der Waals surface area contributed by atoms with Gasteiger partial charge in [0.2, 0.25) is 5.91 Å². The quantitative estimate of drug-likeness (QED) is 0.559. The smallest absolute Gasteiger partial charge is 0.223 e. The van der Waals surface area contributed by atoms with Gasteiger partial charge in [-0.3, -0.25) is 4.79 Å². The van der Waals surface area contributed by atoms with Crippen LogP contribution in [0, 0.1) is 12.5 Å². The van der Waals surface area contributed by atoms with Crippen molar-refractivity contribution in [1.82, 2.24) is 5.32 Å². The Kier molecular flexibility index (Phi) is 1.51. The molecule has 1 aliphatic rings. The molecule has 1 N–H and O–H groups in total. The summed E-state index contributed by atoms with van der Waals surface area (Å²) in [5, 5.41) is 2.64. The molecule has 2 heteroatoms. The second-order valence-corrected chi connectivity index (χ2v) is 2.07. The van der Waals surface area contributed by atoms with Crippen molar-refractivity contribution in [3.8, 4) is 0 Å². The molecule has 1 amide bonds. The van der Waals surface area contributed by atoms with Crippen molar-refractivity contribution in [3.05, 3.63) is 6.54 Å². The molecule has 0 aromatic carbocycles. The van der Waals surface area contributed by atoms with Crippen molar-refractivity contribution in [2.75, 3.05) is 0 Å². The van der Waals surface area contributed by atoms with Crippen LogP contribution in [0.1, 0.15) is 19.8 Å². The standard InChI is InChI=1S/C6H10NO/c1-2-7-6(8)5-3-4-5/h2,5H,3-4H2,1H3,(H,7,8). The van der Waals surface area contributed by atoms with Crippen molar-refractivity contribution in [3.63, 3.8) is 0 Å². The molecule has 1 radical (unpaired) electrons. The van der Waals surface area contributed by atoms with Crippen LogP contribution in [0.4, 0.5) is 0 Å². The number of carbonyl (C=O) groups is 1. The second-order valence-electron chi connectivity index (χ2n) is 2.07. The predicted molar refractivity (Wildman–Crippen MR) is 30.8 cm³/mol. The summed E-state index contributed by atoms with van der Waals surface area (Å²) in [5.74, 6) is 0.527. The van der Waals surface area contributed by atoms with Gasteiger partial charge in [0.25, 0.3) is 0 Å². The first-order valence-corrected chi connectivity index (χ1v) is 2.93. The molecular formula is C6H10NO. The second kappa shape index (κ2) is 2.16. The molecule has 0 atom stereocenters. The van der Waals surface area contributed by atoms with Crippen LogP contribution < -0.4 is 5.32 Å². The third-order valence-electron chi connectivity index (χ3n) is 1.23. The normalized spacial score (nSPS) is 18.1. The van der Waals surface area contributed by atoms with Crippen LogP contribution in [0.3, 0.4) is 0 Å². The molecule has 2 nitrogen and oxygen atoms in total. The highest BCUT2D eigenvalue weighted by Gasteiger charge is 2.28. The van der Waals surface area contributed by atoms with Crippen molar-refractivity contribution < 1.29 is 4.79 Å². The fourth-order valence-electron chi connectivity index (χ4n) is 0.606. The minimum absolute atomic E-state index is 0.188. The Hall–Kier alpha value is -0.530. The van der Waals surface area contributed by atoms with Gasteiger partial charge in [0.1, 0.15) is 0 Å². The van der Waals surface area contributed by atoms with Gasteiger partial charge in [0.05, 0.1) is 0 Å². The van der Waals surface area contributed by atoms with Gasteiger partial charge in [0.15, 0.2) is 0 Å². The zero-order valence-electron chi connectivity index (χ0n) is 4.98. The van der Waals surface area contributed by atoms with E-state index in [9.17, 15) is 4.79 Å². The topological polar surface area (TPSA) is 29.1 Å². The zero-order chi connectivity index (χ0) is 5.98. The van der Waals surface area contributed by atoms with E-state index in [-0.39, 0.29) is 5.91 Å². The highest BCUT2D eigenvalue weighted by Crippen LogP contribution is 2.28. The lowest BCUT2D eigenvalue weighted by atomic mass is 10.4. The van der Waals surface area contributed by atoms with E-state index in [2.05, 4.69) is 5.32 Å². The largest absolute Gasteiger partial charge is 0.351 e. The van der Waals surface area contributed by atoms with Crippen LogP contribution in [0.25, 0.3) is 0 Å². The first-order chi connectivity index (χ1) is 3.84. The molecule has 0 unspecified atom stereocenters. The van der Waals surface area contributed by atoms with Gasteiger partial charge < -0.3 is 5.32 Å². The molecule has 45 valence electrons. The molecule has 8 heavy (non-hydrogen) atoms. The van der Waals surface area contributed by atoms with Crippen LogP contribution in [-0.2, 0) is 4.79 Å². The van der Waals surface area contributed by atoms with Gasteiger partial charge in [-0.15, -0.1) is 0 Å². The van der Waals surface area contributed by atoms with E-state index in [1.807, 2.05) is 6.92 Å². The first kappa shape index (κ1) is 5.60. The maximum absolute atomic E-state index is 10.7. The Labute approximate surface area is 49.3 Å². The Morgan fingerprint density at radius 3 is 2.75 bits per heavy atom. The number of hydrogen-bond donors (Lipinski definition) is 1. The molecule has 0 saturated heterocycles. The van der Waals surface area contributed by atoms with Crippen molar-refractivity contribution >= 4 is 5.91 Å². The SMILES string of the molecule is C[CH]NC(=O)C1CC1. The summed E-state index contributed by atoms with van der Waals surface area (Å²) in [5.41, 5.74) is 0. The van der Waals surface area contributed by atoms with E-state index in [4.69, 9.17) is 0 Å². The number of hydrogen-bond acceptors (Lipinski definition) is 1. The monoisotopic (exact) mass is 112 g/mol. The molecule has 1 fully saturated rings. The van der Waals surface area contributed by atoms with E-state index >= 15 is 0 Å². The number of amides is 1. The van der Waals surface area contributed by atoms with E-state index in [0.717, 1.165) is 12.8 Å². The lowest BCUT2D eigenvalue weighted by molar-refractivity contribution is -0.121. The van der Waals surface area contributed by atoms with Gasteiger partial charge in [-0.05, 0) is 19.8 Å². The molecular weight excluding hydrogens is 102 g/mol. The molecule has 1 aliphatic carbocycles. The average molecular weight is 112 g/mol. The number of nitrogens with one attached hydrogen (secondary N) is 1. The predicted octanol–water partition coefficient (Wildman–Crippen LogP) is 0.694. The van der Waals surface area contributed by atoms with Gasteiger partial charge in [-0.1, -0.05) is 0 Å². The third-order valence-corrected chi connectivity index (χ3v) is 1.23. The maximum Gasteiger partial charge on any atom is 0.223 e. The Morgan fingerprint density at radius 2 is 2.38 bits per heavy atom. The average Bonchev–Trinajstić information content (AvgIpc) is 2.45. The molecule has 1 rings (SSSR count). The lowest BCUT2D eigenvalue weighted by Gasteiger charge is -1.94. The van der Waals surface area contributed by atoms with Crippen LogP contribution in [0.2, 0.25) is 0 Å². The van der Waals surface area contributed by atoms with Crippen LogP contribution in [0.5, 0.6) is 0 Å². The highest BCUT2D eigenvalue weighted by atomic mass is 16.2. The minimum Gasteiger partial charge on any atom is -0.351 e. The number of carbonyl (C=O) groups excluding carboxylic acids is 1. The van der Waals surface area contributed by atoms with E-state index in [1.165, 1.54) is 0 Å². The Bertz CT molecular complexity index is 96.7. The summed E-state index contributed by atoms with van der Waals surface area (Å²) in [6, 6.07) is 0. The maximum atomic E-state index is 10.7. The third kappa shape index (κ3) is 1.22. The first-order valence-electron chi connectivity index (χ1n) is 2.93. The number of rotatable bonds is 2. The Morgan fingerprint density at radius 1 is 1.75 bits per heavy atom. The van der Waals surface area contributed by atoms with E-state index < -0.39 is 0 Å². The minimum atomic E-state index is 0.188. The van der Waals surface area contributed by atoms with Gasteiger partial charge >= 0.3 is 0 Å². The van der Waals surface area contributed by atoms with Gasteiger partial charge in [-0.25, -0.2) is 0 Å². The van der Waals surface area contributed by atoms with E-state index in [1.54, 1.807) is 6.54 Å². The van der Waals surface area contributed by atoms with E-state index in [0.29, 0.717) is 5.92 Å². The Balaban J connectivity index is 2.13. The van der Waals surface area contributed by atoms with Crippen LogP contribution in [-0.4, -0.2) is 5.91 Å².